The quantitative estimate of drug-likeness (QED) is 0.259. The number of allylic oxidation sites excluding steroid dienone is 2. The van der Waals surface area contributed by atoms with Crippen LogP contribution in [0.5, 0.6) is 0 Å². The van der Waals surface area contributed by atoms with E-state index in [1.54, 1.807) is 0 Å². The first-order valence-electron chi connectivity index (χ1n) is 9.55. The van der Waals surface area contributed by atoms with Crippen molar-refractivity contribution in [3.8, 4) is 0 Å². The van der Waals surface area contributed by atoms with E-state index < -0.39 is 14.4 Å². The summed E-state index contributed by atoms with van der Waals surface area (Å²) in [5, 5.41) is 0.0866. The van der Waals surface area contributed by atoms with Crippen molar-refractivity contribution < 1.29 is 9.22 Å². The van der Waals surface area contributed by atoms with Crippen molar-refractivity contribution in [2.24, 2.45) is 5.73 Å². The molecule has 0 aliphatic heterocycles. The molecule has 0 aliphatic rings. The average molecular weight is 355 g/mol. The van der Waals surface area contributed by atoms with E-state index in [1.165, 1.54) is 32.1 Å². The van der Waals surface area contributed by atoms with Gasteiger partial charge in [-0.1, -0.05) is 65.5 Å². The summed E-state index contributed by atoms with van der Waals surface area (Å²) in [6.07, 6.45) is 15.2. The SMILES string of the molecule is CCCCCC[CH]C/C=C/CC[C@@H](O[Si](C)(C)C(C)(C)C)C(N)=O. The molecule has 0 aromatic heterocycles. The molecule has 4 heteroatoms. The van der Waals surface area contributed by atoms with Crippen molar-refractivity contribution in [1.82, 2.24) is 0 Å². The van der Waals surface area contributed by atoms with Crippen molar-refractivity contribution in [2.75, 3.05) is 0 Å². The lowest BCUT2D eigenvalue weighted by molar-refractivity contribution is -0.125. The Morgan fingerprint density at radius 1 is 1.12 bits per heavy atom. The molecule has 0 saturated carbocycles. The molecule has 1 radical (unpaired) electrons. The maximum absolute atomic E-state index is 11.7. The summed E-state index contributed by atoms with van der Waals surface area (Å²) in [6, 6.07) is 0. The van der Waals surface area contributed by atoms with Gasteiger partial charge in [-0.15, -0.1) is 0 Å². The van der Waals surface area contributed by atoms with Gasteiger partial charge in [0.1, 0.15) is 6.10 Å². The van der Waals surface area contributed by atoms with Gasteiger partial charge >= 0.3 is 0 Å². The Morgan fingerprint density at radius 2 is 1.79 bits per heavy atom. The standard InChI is InChI=1S/C20H40NO2Si/c1-7-8-9-10-11-12-13-14-15-16-17-18(19(21)22)23-24(5,6)20(2,3)4/h12,14-15,18H,7-11,13,16-17H2,1-6H3,(H2,21,22)/b15-14+/t18-/m1/s1. The molecular formula is C20H40NO2Si. The summed E-state index contributed by atoms with van der Waals surface area (Å²) >= 11 is 0. The van der Waals surface area contributed by atoms with E-state index in [4.69, 9.17) is 10.2 Å². The molecule has 0 unspecified atom stereocenters. The van der Waals surface area contributed by atoms with Crippen molar-refractivity contribution in [2.45, 2.75) is 103 Å². The first-order valence-corrected chi connectivity index (χ1v) is 12.5. The van der Waals surface area contributed by atoms with Gasteiger partial charge in [0.05, 0.1) is 0 Å². The van der Waals surface area contributed by atoms with Crippen LogP contribution in [0.3, 0.4) is 0 Å². The first kappa shape index (κ1) is 23.4. The highest BCUT2D eigenvalue weighted by Gasteiger charge is 2.40. The predicted octanol–water partition coefficient (Wildman–Crippen LogP) is 5.76. The van der Waals surface area contributed by atoms with Crippen LogP contribution >= 0.6 is 0 Å². The topological polar surface area (TPSA) is 52.3 Å². The van der Waals surface area contributed by atoms with E-state index in [-0.39, 0.29) is 10.9 Å². The smallest absolute Gasteiger partial charge is 0.245 e. The molecule has 0 saturated heterocycles. The Kier molecular flexibility index (Phi) is 11.6. The number of primary amides is 1. The minimum Gasteiger partial charge on any atom is -0.405 e. The predicted molar refractivity (Wildman–Crippen MR) is 107 cm³/mol. The van der Waals surface area contributed by atoms with E-state index >= 15 is 0 Å². The summed E-state index contributed by atoms with van der Waals surface area (Å²) in [6.45, 7) is 13.1. The van der Waals surface area contributed by atoms with Crippen molar-refractivity contribution in [3.05, 3.63) is 18.6 Å². The molecule has 0 aromatic carbocycles. The third-order valence-corrected chi connectivity index (χ3v) is 9.37. The Morgan fingerprint density at radius 3 is 2.33 bits per heavy atom. The van der Waals surface area contributed by atoms with Crippen LogP contribution in [0.2, 0.25) is 18.1 Å². The Labute approximate surface area is 151 Å². The lowest BCUT2D eigenvalue weighted by Crippen LogP contribution is -2.47. The fourth-order valence-corrected chi connectivity index (χ4v) is 3.48. The molecule has 0 aromatic rings. The molecule has 2 N–H and O–H groups in total. The van der Waals surface area contributed by atoms with Crippen LogP contribution in [0.1, 0.15) is 79.1 Å². The van der Waals surface area contributed by atoms with E-state index in [0.717, 1.165) is 12.8 Å². The first-order chi connectivity index (χ1) is 11.1. The maximum atomic E-state index is 11.7. The molecule has 1 amide bonds. The lowest BCUT2D eigenvalue weighted by atomic mass is 10.1. The van der Waals surface area contributed by atoms with E-state index in [2.05, 4.69) is 59.4 Å². The minimum absolute atomic E-state index is 0.0866. The summed E-state index contributed by atoms with van der Waals surface area (Å²) < 4.78 is 6.17. The number of unbranched alkanes of at least 4 members (excludes halogenated alkanes) is 6. The van der Waals surface area contributed by atoms with Gasteiger partial charge < -0.3 is 10.2 Å². The molecule has 141 valence electrons. The van der Waals surface area contributed by atoms with Crippen LogP contribution in [-0.2, 0) is 9.22 Å². The van der Waals surface area contributed by atoms with Crippen LogP contribution in [0.15, 0.2) is 12.2 Å². The second-order valence-electron chi connectivity index (χ2n) is 8.19. The fourth-order valence-electron chi connectivity index (χ4n) is 2.18. The van der Waals surface area contributed by atoms with Crippen LogP contribution in [0.25, 0.3) is 0 Å². The second-order valence-corrected chi connectivity index (χ2v) is 12.9. The number of hydrogen-bond donors (Lipinski definition) is 1. The van der Waals surface area contributed by atoms with Crippen molar-refractivity contribution in [3.63, 3.8) is 0 Å². The zero-order chi connectivity index (χ0) is 18.6. The van der Waals surface area contributed by atoms with Gasteiger partial charge in [-0.3, -0.25) is 4.79 Å². The van der Waals surface area contributed by atoms with Crippen molar-refractivity contribution in [1.29, 1.82) is 0 Å². The van der Waals surface area contributed by atoms with Crippen LogP contribution < -0.4 is 5.73 Å². The number of amides is 1. The molecule has 0 bridgehead atoms. The molecule has 0 rings (SSSR count). The van der Waals surface area contributed by atoms with Gasteiger partial charge in [0.15, 0.2) is 8.32 Å². The molecule has 3 nitrogen and oxygen atoms in total. The Balaban J connectivity index is 4.07. The van der Waals surface area contributed by atoms with Gasteiger partial charge in [-0.25, -0.2) is 0 Å². The summed E-state index contributed by atoms with van der Waals surface area (Å²) in [7, 11) is -1.96. The molecular weight excluding hydrogens is 314 g/mol. The Bertz CT molecular complexity index is 372. The molecule has 1 atom stereocenters. The molecule has 24 heavy (non-hydrogen) atoms. The number of rotatable bonds is 13. The maximum Gasteiger partial charge on any atom is 0.245 e. The number of carbonyl (C=O) groups excluding carboxylic acids is 1. The average Bonchev–Trinajstić information content (AvgIpc) is 2.46. The van der Waals surface area contributed by atoms with Gasteiger partial charge in [-0.05, 0) is 50.2 Å². The highest BCUT2D eigenvalue weighted by atomic mass is 28.4. The third-order valence-electron chi connectivity index (χ3n) is 4.89. The largest absolute Gasteiger partial charge is 0.405 e. The summed E-state index contributed by atoms with van der Waals surface area (Å²) in [4.78, 5) is 11.7. The van der Waals surface area contributed by atoms with E-state index in [1.807, 2.05) is 0 Å². The van der Waals surface area contributed by atoms with Crippen LogP contribution in [0.4, 0.5) is 0 Å². The monoisotopic (exact) mass is 354 g/mol. The molecule has 0 heterocycles. The Hall–Kier alpha value is -0.613. The number of hydrogen-bond acceptors (Lipinski definition) is 2. The van der Waals surface area contributed by atoms with Crippen LogP contribution in [0, 0.1) is 6.42 Å². The zero-order valence-electron chi connectivity index (χ0n) is 16.9. The lowest BCUT2D eigenvalue weighted by Gasteiger charge is -2.38. The van der Waals surface area contributed by atoms with Gasteiger partial charge in [-0.2, -0.15) is 0 Å². The normalized spacial score (nSPS) is 14.2. The highest BCUT2D eigenvalue weighted by molar-refractivity contribution is 6.74. The fraction of sp³-hybridized carbons (Fsp3) is 0.800. The van der Waals surface area contributed by atoms with Crippen LogP contribution in [-0.4, -0.2) is 20.3 Å². The molecule has 0 fully saturated rings. The third kappa shape index (κ3) is 10.3. The second kappa shape index (κ2) is 11.9. The summed E-state index contributed by atoms with van der Waals surface area (Å²) in [5.74, 6) is -0.337. The molecule has 0 aliphatic carbocycles. The zero-order valence-corrected chi connectivity index (χ0v) is 17.9. The van der Waals surface area contributed by atoms with E-state index in [9.17, 15) is 4.79 Å². The van der Waals surface area contributed by atoms with Gasteiger partial charge in [0.25, 0.3) is 0 Å². The van der Waals surface area contributed by atoms with Crippen molar-refractivity contribution >= 4 is 14.2 Å². The van der Waals surface area contributed by atoms with Gasteiger partial charge in [0.2, 0.25) is 5.91 Å². The molecule has 0 spiro atoms. The number of nitrogens with two attached hydrogens (primary N) is 1. The van der Waals surface area contributed by atoms with E-state index in [0.29, 0.717) is 6.42 Å². The van der Waals surface area contributed by atoms with Gasteiger partial charge in [0, 0.05) is 0 Å². The highest BCUT2D eigenvalue weighted by Crippen LogP contribution is 2.37. The summed E-state index contributed by atoms with van der Waals surface area (Å²) in [5.41, 5.74) is 5.54. The number of carbonyl (C=O) groups is 1. The minimum atomic E-state index is -1.96.